The number of halogens is 1. The smallest absolute Gasteiger partial charge is 0.260 e. The van der Waals surface area contributed by atoms with Crippen molar-refractivity contribution in [2.75, 3.05) is 39.9 Å². The summed E-state index contributed by atoms with van der Waals surface area (Å²) in [5.74, 6) is 0.458. The lowest BCUT2D eigenvalue weighted by molar-refractivity contribution is -0.134. The second-order valence-corrected chi connectivity index (χ2v) is 8.88. The van der Waals surface area contributed by atoms with E-state index in [-0.39, 0.29) is 43.6 Å². The van der Waals surface area contributed by atoms with Crippen molar-refractivity contribution in [3.63, 3.8) is 0 Å². The van der Waals surface area contributed by atoms with E-state index in [4.69, 9.17) is 26.3 Å². The lowest BCUT2D eigenvalue weighted by atomic mass is 10.2. The van der Waals surface area contributed by atoms with Crippen LogP contribution < -0.4 is 9.47 Å². The van der Waals surface area contributed by atoms with Gasteiger partial charge in [-0.25, -0.2) is 8.42 Å². The standard InChI is InChI=1S/C20H20ClN3O5S/c1-28-19-12-15(13-22)2-7-18(19)29-14-20(25)23-8-10-24(11-9-23)30(26,27)17-5-3-16(21)4-6-17/h2-7,12H,8-11,14H2,1H3. The molecule has 1 saturated heterocycles. The third kappa shape index (κ3) is 4.84. The molecular weight excluding hydrogens is 430 g/mol. The van der Waals surface area contributed by atoms with Gasteiger partial charge in [-0.3, -0.25) is 4.79 Å². The largest absolute Gasteiger partial charge is 0.493 e. The van der Waals surface area contributed by atoms with Crippen molar-refractivity contribution in [3.05, 3.63) is 53.1 Å². The minimum atomic E-state index is -3.64. The van der Waals surface area contributed by atoms with E-state index in [9.17, 15) is 13.2 Å². The first-order valence-corrected chi connectivity index (χ1v) is 10.9. The summed E-state index contributed by atoms with van der Waals surface area (Å²) < 4.78 is 37.5. The SMILES string of the molecule is COc1cc(C#N)ccc1OCC(=O)N1CCN(S(=O)(=O)c2ccc(Cl)cc2)CC1. The number of amides is 1. The molecule has 0 atom stereocenters. The first-order valence-electron chi connectivity index (χ1n) is 9.09. The Morgan fingerprint density at radius 2 is 1.77 bits per heavy atom. The third-order valence-electron chi connectivity index (χ3n) is 4.69. The van der Waals surface area contributed by atoms with Crippen LogP contribution in [0.3, 0.4) is 0 Å². The van der Waals surface area contributed by atoms with E-state index in [1.807, 2.05) is 6.07 Å². The highest BCUT2D eigenvalue weighted by Gasteiger charge is 2.30. The van der Waals surface area contributed by atoms with Gasteiger partial charge in [-0.15, -0.1) is 0 Å². The van der Waals surface area contributed by atoms with Gasteiger partial charge in [0.15, 0.2) is 18.1 Å². The van der Waals surface area contributed by atoms with Gasteiger partial charge in [-0.2, -0.15) is 9.57 Å². The predicted molar refractivity (Wildman–Crippen MR) is 110 cm³/mol. The van der Waals surface area contributed by atoms with E-state index in [2.05, 4.69) is 0 Å². The molecule has 8 nitrogen and oxygen atoms in total. The van der Waals surface area contributed by atoms with Crippen molar-refractivity contribution in [1.29, 1.82) is 5.26 Å². The second kappa shape index (κ2) is 9.34. The zero-order valence-corrected chi connectivity index (χ0v) is 17.8. The second-order valence-electron chi connectivity index (χ2n) is 6.50. The molecule has 10 heteroatoms. The average Bonchev–Trinajstić information content (AvgIpc) is 2.77. The molecule has 0 bridgehead atoms. The molecule has 3 rings (SSSR count). The molecule has 158 valence electrons. The molecule has 2 aromatic rings. The topological polar surface area (TPSA) is 99.9 Å². The zero-order valence-electron chi connectivity index (χ0n) is 16.2. The molecule has 0 aromatic heterocycles. The Labute approximate surface area is 180 Å². The van der Waals surface area contributed by atoms with E-state index in [1.165, 1.54) is 41.7 Å². The highest BCUT2D eigenvalue weighted by molar-refractivity contribution is 7.89. The maximum Gasteiger partial charge on any atom is 0.260 e. The molecule has 30 heavy (non-hydrogen) atoms. The third-order valence-corrected chi connectivity index (χ3v) is 6.85. The highest BCUT2D eigenvalue weighted by atomic mass is 35.5. The fourth-order valence-corrected chi connectivity index (χ4v) is 4.57. The summed E-state index contributed by atoms with van der Waals surface area (Å²) in [6.45, 7) is 0.693. The van der Waals surface area contributed by atoms with Gasteiger partial charge < -0.3 is 14.4 Å². The summed E-state index contributed by atoms with van der Waals surface area (Å²) in [6, 6.07) is 12.7. The molecule has 1 aliphatic heterocycles. The van der Waals surface area contributed by atoms with Crippen LogP contribution in [0.2, 0.25) is 5.02 Å². The number of ether oxygens (including phenoxy) is 2. The highest BCUT2D eigenvalue weighted by Crippen LogP contribution is 2.28. The van der Waals surface area contributed by atoms with Crippen molar-refractivity contribution in [2.45, 2.75) is 4.90 Å². The number of hydrogen-bond acceptors (Lipinski definition) is 6. The van der Waals surface area contributed by atoms with E-state index in [0.29, 0.717) is 22.1 Å². The lowest BCUT2D eigenvalue weighted by Gasteiger charge is -2.34. The molecule has 1 amide bonds. The molecular formula is C20H20ClN3O5S. The van der Waals surface area contributed by atoms with Crippen LogP contribution in [-0.2, 0) is 14.8 Å². The quantitative estimate of drug-likeness (QED) is 0.669. The number of rotatable bonds is 6. The van der Waals surface area contributed by atoms with Crippen molar-refractivity contribution in [3.8, 4) is 17.6 Å². The Morgan fingerprint density at radius 3 is 2.37 bits per heavy atom. The Balaban J connectivity index is 1.57. The molecule has 0 unspecified atom stereocenters. The lowest BCUT2D eigenvalue weighted by Crippen LogP contribution is -2.51. The van der Waals surface area contributed by atoms with Crippen LogP contribution >= 0.6 is 11.6 Å². The number of hydrogen-bond donors (Lipinski definition) is 0. The van der Waals surface area contributed by atoms with Gasteiger partial charge >= 0.3 is 0 Å². The molecule has 2 aromatic carbocycles. The fourth-order valence-electron chi connectivity index (χ4n) is 3.02. The molecule has 0 radical (unpaired) electrons. The van der Waals surface area contributed by atoms with E-state index < -0.39 is 10.0 Å². The Morgan fingerprint density at radius 1 is 1.10 bits per heavy atom. The Kier molecular flexibility index (Phi) is 6.82. The summed E-state index contributed by atoms with van der Waals surface area (Å²) >= 11 is 5.82. The minimum absolute atomic E-state index is 0.169. The summed E-state index contributed by atoms with van der Waals surface area (Å²) in [4.78, 5) is 14.2. The Hall–Kier alpha value is -2.80. The molecule has 0 aliphatic carbocycles. The zero-order chi connectivity index (χ0) is 21.7. The number of carbonyl (C=O) groups is 1. The van der Waals surface area contributed by atoms with Crippen LogP contribution in [0.5, 0.6) is 11.5 Å². The fraction of sp³-hybridized carbons (Fsp3) is 0.300. The van der Waals surface area contributed by atoms with Crippen LogP contribution in [0.25, 0.3) is 0 Å². The van der Waals surface area contributed by atoms with Crippen molar-refractivity contribution in [2.24, 2.45) is 0 Å². The van der Waals surface area contributed by atoms with Crippen LogP contribution in [0, 0.1) is 11.3 Å². The predicted octanol–water partition coefficient (Wildman–Crippen LogP) is 2.13. The first-order chi connectivity index (χ1) is 14.3. The van der Waals surface area contributed by atoms with Gasteiger partial charge in [0.2, 0.25) is 10.0 Å². The molecule has 1 aliphatic rings. The van der Waals surface area contributed by atoms with Gasteiger partial charge in [-0.05, 0) is 36.4 Å². The minimum Gasteiger partial charge on any atom is -0.493 e. The number of nitriles is 1. The molecule has 0 saturated carbocycles. The van der Waals surface area contributed by atoms with Crippen LogP contribution in [-0.4, -0.2) is 63.4 Å². The summed E-state index contributed by atoms with van der Waals surface area (Å²) in [7, 11) is -2.19. The molecule has 1 fully saturated rings. The Bertz CT molecular complexity index is 1060. The summed E-state index contributed by atoms with van der Waals surface area (Å²) in [5.41, 5.74) is 0.420. The van der Waals surface area contributed by atoms with Crippen LogP contribution in [0.15, 0.2) is 47.4 Å². The van der Waals surface area contributed by atoms with Crippen molar-refractivity contribution >= 4 is 27.5 Å². The summed E-state index contributed by atoms with van der Waals surface area (Å²) in [5, 5.41) is 9.40. The number of nitrogens with zero attached hydrogens (tertiary/aromatic N) is 3. The van der Waals surface area contributed by atoms with Gasteiger partial charge in [0.05, 0.1) is 23.6 Å². The van der Waals surface area contributed by atoms with Crippen molar-refractivity contribution < 1.29 is 22.7 Å². The van der Waals surface area contributed by atoms with Gasteiger partial charge in [0.1, 0.15) is 0 Å². The molecule has 0 N–H and O–H groups in total. The van der Waals surface area contributed by atoms with E-state index >= 15 is 0 Å². The molecule has 1 heterocycles. The number of benzene rings is 2. The number of carbonyl (C=O) groups excluding carboxylic acids is 1. The first kappa shape index (κ1) is 21.9. The van der Waals surface area contributed by atoms with Crippen LogP contribution in [0.4, 0.5) is 0 Å². The number of methoxy groups -OCH3 is 1. The molecule has 0 spiro atoms. The average molecular weight is 450 g/mol. The monoisotopic (exact) mass is 449 g/mol. The van der Waals surface area contributed by atoms with Crippen molar-refractivity contribution in [1.82, 2.24) is 9.21 Å². The van der Waals surface area contributed by atoms with Gasteiger partial charge in [0.25, 0.3) is 5.91 Å². The van der Waals surface area contributed by atoms with Gasteiger partial charge in [-0.1, -0.05) is 11.6 Å². The summed E-state index contributed by atoms with van der Waals surface area (Å²) in [6.07, 6.45) is 0. The number of piperazine rings is 1. The van der Waals surface area contributed by atoms with Gasteiger partial charge in [0, 0.05) is 37.3 Å². The van der Waals surface area contributed by atoms with E-state index in [0.717, 1.165) is 0 Å². The maximum absolute atomic E-state index is 12.7. The van der Waals surface area contributed by atoms with E-state index in [1.54, 1.807) is 17.0 Å². The number of sulfonamides is 1. The van der Waals surface area contributed by atoms with Crippen LogP contribution in [0.1, 0.15) is 5.56 Å². The maximum atomic E-state index is 12.7. The normalized spacial score (nSPS) is 14.8.